The molecule has 128 valence electrons. The van der Waals surface area contributed by atoms with Crippen LogP contribution < -0.4 is 5.73 Å². The SMILES string of the molecule is C=CC1N([C@H](C(N)=O)[C@@H](C)O)CC12CCC(=O)N2C(=O)C(C)C. The molecule has 2 aliphatic rings. The summed E-state index contributed by atoms with van der Waals surface area (Å²) < 4.78 is 0. The van der Waals surface area contributed by atoms with Crippen molar-refractivity contribution in [3.05, 3.63) is 12.7 Å². The van der Waals surface area contributed by atoms with E-state index in [9.17, 15) is 19.5 Å². The number of aliphatic hydroxyl groups excluding tert-OH is 1. The Kier molecular flexibility index (Phi) is 4.64. The van der Waals surface area contributed by atoms with Crippen LogP contribution in [0.4, 0.5) is 0 Å². The Morgan fingerprint density at radius 1 is 1.43 bits per heavy atom. The van der Waals surface area contributed by atoms with Gasteiger partial charge < -0.3 is 10.8 Å². The number of primary amides is 1. The van der Waals surface area contributed by atoms with Crippen LogP contribution in [0.3, 0.4) is 0 Å². The highest BCUT2D eigenvalue weighted by Gasteiger charge is 2.63. The molecule has 2 fully saturated rings. The molecule has 0 aromatic rings. The molecule has 0 aromatic heterocycles. The van der Waals surface area contributed by atoms with Gasteiger partial charge in [0.2, 0.25) is 17.7 Å². The van der Waals surface area contributed by atoms with E-state index in [-0.39, 0.29) is 23.8 Å². The predicted molar refractivity (Wildman–Crippen MR) is 84.0 cm³/mol. The average Bonchev–Trinajstić information content (AvgIpc) is 2.76. The van der Waals surface area contributed by atoms with E-state index < -0.39 is 23.6 Å². The van der Waals surface area contributed by atoms with Gasteiger partial charge in [0.25, 0.3) is 0 Å². The van der Waals surface area contributed by atoms with Crippen molar-refractivity contribution in [1.82, 2.24) is 9.80 Å². The molecule has 7 heteroatoms. The maximum atomic E-state index is 12.5. The van der Waals surface area contributed by atoms with E-state index >= 15 is 0 Å². The van der Waals surface area contributed by atoms with Crippen LogP contribution in [0.15, 0.2) is 12.7 Å². The van der Waals surface area contributed by atoms with Crippen molar-refractivity contribution in [1.29, 1.82) is 0 Å². The molecule has 2 saturated heterocycles. The number of imide groups is 1. The van der Waals surface area contributed by atoms with Gasteiger partial charge in [0.15, 0.2) is 0 Å². The van der Waals surface area contributed by atoms with Crippen molar-refractivity contribution >= 4 is 17.7 Å². The van der Waals surface area contributed by atoms with Crippen molar-refractivity contribution in [3.63, 3.8) is 0 Å². The summed E-state index contributed by atoms with van der Waals surface area (Å²) in [6.07, 6.45) is 1.51. The van der Waals surface area contributed by atoms with E-state index in [1.54, 1.807) is 24.8 Å². The lowest BCUT2D eigenvalue weighted by molar-refractivity contribution is -0.167. The van der Waals surface area contributed by atoms with Crippen LogP contribution in [0.5, 0.6) is 0 Å². The van der Waals surface area contributed by atoms with E-state index in [1.807, 2.05) is 0 Å². The molecule has 23 heavy (non-hydrogen) atoms. The fraction of sp³-hybridized carbons (Fsp3) is 0.688. The molecular weight excluding hydrogens is 298 g/mol. The molecule has 0 aliphatic carbocycles. The molecule has 0 aromatic carbocycles. The molecule has 0 saturated carbocycles. The third-order valence-corrected chi connectivity index (χ3v) is 4.87. The molecule has 1 spiro atoms. The van der Waals surface area contributed by atoms with Gasteiger partial charge in [-0.25, -0.2) is 0 Å². The number of hydrogen-bond donors (Lipinski definition) is 2. The summed E-state index contributed by atoms with van der Waals surface area (Å²) in [6, 6.07) is -1.25. The summed E-state index contributed by atoms with van der Waals surface area (Å²) in [4.78, 5) is 39.5. The van der Waals surface area contributed by atoms with Gasteiger partial charge in [0, 0.05) is 18.9 Å². The van der Waals surface area contributed by atoms with E-state index in [0.717, 1.165) is 0 Å². The largest absolute Gasteiger partial charge is 0.391 e. The molecule has 7 nitrogen and oxygen atoms in total. The Hall–Kier alpha value is -1.73. The van der Waals surface area contributed by atoms with Gasteiger partial charge in [-0.1, -0.05) is 19.9 Å². The van der Waals surface area contributed by atoms with Gasteiger partial charge in [-0.05, 0) is 13.3 Å². The molecule has 4 atom stereocenters. The quantitative estimate of drug-likeness (QED) is 0.672. The van der Waals surface area contributed by atoms with Crippen LogP contribution in [0.1, 0.15) is 33.6 Å². The zero-order valence-corrected chi connectivity index (χ0v) is 13.9. The maximum Gasteiger partial charge on any atom is 0.237 e. The van der Waals surface area contributed by atoms with Crippen LogP contribution >= 0.6 is 0 Å². The first-order valence-corrected chi connectivity index (χ1v) is 7.90. The lowest BCUT2D eigenvalue weighted by Crippen LogP contribution is -2.79. The Balaban J connectivity index is 2.34. The van der Waals surface area contributed by atoms with E-state index in [0.29, 0.717) is 19.4 Å². The molecule has 3 amide bonds. The summed E-state index contributed by atoms with van der Waals surface area (Å²) in [7, 11) is 0. The number of nitrogens with two attached hydrogens (primary N) is 1. The summed E-state index contributed by atoms with van der Waals surface area (Å²) in [6.45, 7) is 9.12. The normalized spacial score (nSPS) is 30.4. The van der Waals surface area contributed by atoms with Gasteiger partial charge in [-0.15, -0.1) is 6.58 Å². The van der Waals surface area contributed by atoms with E-state index in [4.69, 9.17) is 5.73 Å². The number of nitrogens with zero attached hydrogens (tertiary/aromatic N) is 2. The van der Waals surface area contributed by atoms with Gasteiger partial charge in [-0.2, -0.15) is 0 Å². The monoisotopic (exact) mass is 323 g/mol. The third kappa shape index (κ3) is 2.57. The highest BCUT2D eigenvalue weighted by molar-refractivity contribution is 5.99. The number of carbonyl (C=O) groups is 3. The fourth-order valence-electron chi connectivity index (χ4n) is 3.83. The summed E-state index contributed by atoms with van der Waals surface area (Å²) in [5.74, 6) is -1.33. The Morgan fingerprint density at radius 3 is 2.48 bits per heavy atom. The first-order valence-electron chi connectivity index (χ1n) is 7.90. The number of hydrogen-bond acceptors (Lipinski definition) is 5. The van der Waals surface area contributed by atoms with Crippen LogP contribution in [0.25, 0.3) is 0 Å². The average molecular weight is 323 g/mol. The minimum Gasteiger partial charge on any atom is -0.391 e. The van der Waals surface area contributed by atoms with Crippen LogP contribution in [0, 0.1) is 5.92 Å². The van der Waals surface area contributed by atoms with Crippen molar-refractivity contribution in [2.24, 2.45) is 11.7 Å². The number of aliphatic hydroxyl groups is 1. The Bertz CT molecular complexity index is 545. The molecule has 2 unspecified atom stereocenters. The van der Waals surface area contributed by atoms with Crippen LogP contribution in [0.2, 0.25) is 0 Å². The van der Waals surface area contributed by atoms with Crippen molar-refractivity contribution in [2.75, 3.05) is 6.54 Å². The number of amides is 3. The van der Waals surface area contributed by atoms with Crippen molar-refractivity contribution < 1.29 is 19.5 Å². The highest BCUT2D eigenvalue weighted by Crippen LogP contribution is 2.46. The van der Waals surface area contributed by atoms with Gasteiger partial charge in [-0.3, -0.25) is 24.2 Å². The Labute approximate surface area is 136 Å². The van der Waals surface area contributed by atoms with Gasteiger partial charge >= 0.3 is 0 Å². The highest BCUT2D eigenvalue weighted by atomic mass is 16.3. The number of rotatable bonds is 5. The molecule has 2 aliphatic heterocycles. The van der Waals surface area contributed by atoms with E-state index in [1.165, 1.54) is 11.8 Å². The Morgan fingerprint density at radius 2 is 2.04 bits per heavy atom. The molecule has 2 heterocycles. The van der Waals surface area contributed by atoms with Gasteiger partial charge in [0.05, 0.1) is 17.7 Å². The second-order valence-corrected chi connectivity index (χ2v) is 6.77. The lowest BCUT2D eigenvalue weighted by atomic mass is 9.75. The lowest BCUT2D eigenvalue weighted by Gasteiger charge is -2.60. The van der Waals surface area contributed by atoms with Crippen molar-refractivity contribution in [3.8, 4) is 0 Å². The topological polar surface area (TPSA) is 104 Å². The molecule has 0 radical (unpaired) electrons. The predicted octanol–water partition coefficient (Wildman–Crippen LogP) is -0.365. The van der Waals surface area contributed by atoms with Gasteiger partial charge in [0.1, 0.15) is 6.04 Å². The van der Waals surface area contributed by atoms with Crippen LogP contribution in [-0.4, -0.2) is 62.9 Å². The molecule has 3 N–H and O–H groups in total. The first kappa shape index (κ1) is 17.6. The molecular formula is C16H25N3O4. The maximum absolute atomic E-state index is 12.5. The molecule has 2 rings (SSSR count). The first-order chi connectivity index (χ1) is 10.7. The van der Waals surface area contributed by atoms with Crippen LogP contribution in [-0.2, 0) is 14.4 Å². The minimum atomic E-state index is -0.946. The summed E-state index contributed by atoms with van der Waals surface area (Å²) >= 11 is 0. The van der Waals surface area contributed by atoms with Crippen molar-refractivity contribution in [2.45, 2.75) is 57.3 Å². The summed E-state index contributed by atoms with van der Waals surface area (Å²) in [5.41, 5.74) is 4.72. The zero-order chi connectivity index (χ0) is 17.5. The second kappa shape index (κ2) is 6.05. The third-order valence-electron chi connectivity index (χ3n) is 4.87. The minimum absolute atomic E-state index is 0.192. The standard InChI is InChI=1S/C16H25N3O4/c1-5-11-16(8-18(11)13(10(4)20)14(17)22)7-6-12(21)19(16)15(23)9(2)3/h5,9-11,13,20H,1,6-8H2,2-4H3,(H2,17,22)/t10-,11?,13+,16?/m1/s1. The number of carbonyl (C=O) groups excluding carboxylic acids is 3. The molecule has 0 bridgehead atoms. The summed E-state index contributed by atoms with van der Waals surface area (Å²) in [5, 5.41) is 9.85. The van der Waals surface area contributed by atoms with E-state index in [2.05, 4.69) is 6.58 Å². The fourth-order valence-corrected chi connectivity index (χ4v) is 3.83. The second-order valence-electron chi connectivity index (χ2n) is 6.77. The number of likely N-dealkylation sites (tertiary alicyclic amines) is 2. The smallest absolute Gasteiger partial charge is 0.237 e. The zero-order valence-electron chi connectivity index (χ0n) is 13.9.